The molecule has 152 valence electrons. The molecule has 0 bridgehead atoms. The Morgan fingerprint density at radius 1 is 1.39 bits per heavy atom. The summed E-state index contributed by atoms with van der Waals surface area (Å²) in [5, 5.41) is 7.50. The van der Waals surface area contributed by atoms with Gasteiger partial charge in [0.2, 0.25) is 0 Å². The van der Waals surface area contributed by atoms with Crippen molar-refractivity contribution in [2.75, 3.05) is 13.7 Å². The number of aromatic nitrogens is 3. The summed E-state index contributed by atoms with van der Waals surface area (Å²) < 4.78 is 14.3. The number of methoxy groups -OCH3 is 1. The van der Waals surface area contributed by atoms with Crippen LogP contribution in [-0.2, 0) is 36.0 Å². The summed E-state index contributed by atoms with van der Waals surface area (Å²) in [6.07, 6.45) is 0.471. The van der Waals surface area contributed by atoms with Gasteiger partial charge in [-0.05, 0) is 26.8 Å². The zero-order chi connectivity index (χ0) is 20.4. The van der Waals surface area contributed by atoms with Crippen LogP contribution in [0.3, 0.4) is 0 Å². The molecule has 0 radical (unpaired) electrons. The molecule has 1 aliphatic rings. The highest BCUT2D eigenvalue weighted by Crippen LogP contribution is 2.31. The van der Waals surface area contributed by atoms with Crippen molar-refractivity contribution in [1.82, 2.24) is 19.7 Å². The molecule has 3 heterocycles. The number of rotatable bonds is 6. The summed E-state index contributed by atoms with van der Waals surface area (Å²) in [5.41, 5.74) is 3.55. The van der Waals surface area contributed by atoms with Gasteiger partial charge in [-0.1, -0.05) is 6.07 Å². The maximum absolute atomic E-state index is 13.0. The van der Waals surface area contributed by atoms with Gasteiger partial charge >= 0.3 is 0 Å². The summed E-state index contributed by atoms with van der Waals surface area (Å²) >= 11 is 0. The Kier molecular flexibility index (Phi) is 6.00. The largest absolute Gasteiger partial charge is 0.383 e. The number of ether oxygens (including phenoxy) is 2. The number of carbonyl (C=O) groups excluding carboxylic acids is 1. The van der Waals surface area contributed by atoms with Crippen LogP contribution in [0.1, 0.15) is 53.0 Å². The van der Waals surface area contributed by atoms with E-state index >= 15 is 0 Å². The van der Waals surface area contributed by atoms with E-state index in [9.17, 15) is 9.59 Å². The highest BCUT2D eigenvalue weighted by molar-refractivity contribution is 5.94. The first kappa shape index (κ1) is 20.3. The van der Waals surface area contributed by atoms with Crippen LogP contribution in [0, 0.1) is 6.92 Å². The van der Waals surface area contributed by atoms with Crippen LogP contribution in [0.4, 0.5) is 0 Å². The van der Waals surface area contributed by atoms with Crippen LogP contribution in [-0.4, -0.2) is 40.1 Å². The second-order valence-corrected chi connectivity index (χ2v) is 7.27. The van der Waals surface area contributed by atoms with E-state index in [2.05, 4.69) is 10.4 Å². The van der Waals surface area contributed by atoms with Crippen molar-refractivity contribution in [3.63, 3.8) is 0 Å². The van der Waals surface area contributed by atoms with Crippen LogP contribution < -0.4 is 10.9 Å². The van der Waals surface area contributed by atoms with Crippen molar-refractivity contribution in [3.05, 3.63) is 50.7 Å². The van der Waals surface area contributed by atoms with Crippen LogP contribution in [0.5, 0.6) is 0 Å². The maximum Gasteiger partial charge on any atom is 0.270 e. The predicted molar refractivity (Wildman–Crippen MR) is 104 cm³/mol. The minimum atomic E-state index is -0.242. The summed E-state index contributed by atoms with van der Waals surface area (Å²) in [4.78, 5) is 25.4. The minimum Gasteiger partial charge on any atom is -0.383 e. The normalized spacial score (nSPS) is 18.8. The van der Waals surface area contributed by atoms with Crippen LogP contribution in [0.2, 0.25) is 0 Å². The van der Waals surface area contributed by atoms with Gasteiger partial charge < -0.3 is 19.4 Å². The smallest absolute Gasteiger partial charge is 0.270 e. The van der Waals surface area contributed by atoms with Crippen molar-refractivity contribution in [2.45, 2.75) is 52.5 Å². The topological polar surface area (TPSA) is 87.4 Å². The van der Waals surface area contributed by atoms with E-state index < -0.39 is 0 Å². The second-order valence-electron chi connectivity index (χ2n) is 7.27. The minimum absolute atomic E-state index is 0.0125. The Labute approximate surface area is 164 Å². The molecule has 0 unspecified atom stereocenters. The molecule has 1 amide bonds. The van der Waals surface area contributed by atoms with E-state index in [1.165, 1.54) is 0 Å². The zero-order valence-electron chi connectivity index (χ0n) is 17.1. The number of carbonyl (C=O) groups is 1. The summed E-state index contributed by atoms with van der Waals surface area (Å²) in [5.74, 6) is -0.242. The van der Waals surface area contributed by atoms with Crippen molar-refractivity contribution in [3.8, 4) is 0 Å². The SMILES string of the molecule is COCCn1nc2c(c1C(=O)NCc1ccc(C)n(C)c1=O)C[C@H](C)O[C@@H]2C. The number of pyridine rings is 1. The van der Waals surface area contributed by atoms with Crippen molar-refractivity contribution < 1.29 is 14.3 Å². The Balaban J connectivity index is 1.88. The van der Waals surface area contributed by atoms with Crippen LogP contribution in [0.25, 0.3) is 0 Å². The molecule has 2 aromatic rings. The highest BCUT2D eigenvalue weighted by atomic mass is 16.5. The average Bonchev–Trinajstić information content (AvgIpc) is 3.02. The predicted octanol–water partition coefficient (Wildman–Crippen LogP) is 1.49. The maximum atomic E-state index is 13.0. The molecule has 8 heteroatoms. The molecule has 1 aliphatic heterocycles. The lowest BCUT2D eigenvalue weighted by atomic mass is 9.99. The fourth-order valence-electron chi connectivity index (χ4n) is 3.56. The van der Waals surface area contributed by atoms with Gasteiger partial charge in [0.15, 0.2) is 0 Å². The third kappa shape index (κ3) is 3.88. The quantitative estimate of drug-likeness (QED) is 0.810. The van der Waals surface area contributed by atoms with E-state index in [1.54, 1.807) is 29.5 Å². The van der Waals surface area contributed by atoms with E-state index in [1.807, 2.05) is 26.8 Å². The highest BCUT2D eigenvalue weighted by Gasteiger charge is 2.32. The Morgan fingerprint density at radius 2 is 2.14 bits per heavy atom. The zero-order valence-corrected chi connectivity index (χ0v) is 17.1. The number of hydrogen-bond donors (Lipinski definition) is 1. The lowest BCUT2D eigenvalue weighted by Gasteiger charge is -2.24. The molecule has 0 saturated heterocycles. The Morgan fingerprint density at radius 3 is 2.86 bits per heavy atom. The summed E-state index contributed by atoms with van der Waals surface area (Å²) in [6, 6.07) is 3.63. The molecule has 0 aromatic carbocycles. The van der Waals surface area contributed by atoms with Crippen molar-refractivity contribution >= 4 is 5.91 Å². The summed E-state index contributed by atoms with van der Waals surface area (Å²) in [6.45, 7) is 6.89. The van der Waals surface area contributed by atoms with E-state index in [-0.39, 0.29) is 30.2 Å². The van der Waals surface area contributed by atoms with E-state index in [4.69, 9.17) is 9.47 Å². The number of fused-ring (bicyclic) bond motifs is 1. The molecule has 2 aromatic heterocycles. The Bertz CT molecular complexity index is 931. The van der Waals surface area contributed by atoms with Crippen molar-refractivity contribution in [1.29, 1.82) is 0 Å². The van der Waals surface area contributed by atoms with Crippen molar-refractivity contribution in [2.24, 2.45) is 7.05 Å². The molecule has 0 aliphatic carbocycles. The number of amides is 1. The molecular weight excluding hydrogens is 360 g/mol. The molecule has 0 saturated carbocycles. The number of hydrogen-bond acceptors (Lipinski definition) is 5. The van der Waals surface area contributed by atoms with E-state index in [0.717, 1.165) is 17.0 Å². The molecule has 8 nitrogen and oxygen atoms in total. The number of aryl methyl sites for hydroxylation is 1. The van der Waals surface area contributed by atoms with Gasteiger partial charge in [0.1, 0.15) is 5.69 Å². The van der Waals surface area contributed by atoms with E-state index in [0.29, 0.717) is 30.8 Å². The van der Waals surface area contributed by atoms with Gasteiger partial charge in [-0.25, -0.2) is 0 Å². The van der Waals surface area contributed by atoms with Gasteiger partial charge in [0.25, 0.3) is 11.5 Å². The fraction of sp³-hybridized carbons (Fsp3) is 0.550. The molecule has 0 fully saturated rings. The molecule has 28 heavy (non-hydrogen) atoms. The lowest BCUT2D eigenvalue weighted by Crippen LogP contribution is -2.32. The van der Waals surface area contributed by atoms with Gasteiger partial charge in [-0.15, -0.1) is 0 Å². The standard InChI is InChI=1S/C20H28N4O4/c1-12-6-7-15(20(26)23(12)4)11-21-19(25)18-16-10-13(2)28-14(3)17(16)22-24(18)8-9-27-5/h6-7,13-14H,8-11H2,1-5H3,(H,21,25)/t13-,14+/m0/s1. The van der Waals surface area contributed by atoms with Gasteiger partial charge in [-0.2, -0.15) is 5.10 Å². The third-order valence-electron chi connectivity index (χ3n) is 5.19. The molecule has 3 rings (SSSR count). The Hall–Kier alpha value is -2.45. The molecule has 1 N–H and O–H groups in total. The second kappa shape index (κ2) is 8.28. The molecule has 2 atom stereocenters. The van der Waals surface area contributed by atoms with Crippen LogP contribution in [0.15, 0.2) is 16.9 Å². The number of nitrogens with one attached hydrogen (secondary N) is 1. The first-order chi connectivity index (χ1) is 13.3. The van der Waals surface area contributed by atoms with Crippen LogP contribution >= 0.6 is 0 Å². The average molecular weight is 388 g/mol. The first-order valence-corrected chi connectivity index (χ1v) is 9.51. The first-order valence-electron chi connectivity index (χ1n) is 9.51. The van der Waals surface area contributed by atoms with Gasteiger partial charge in [-0.3, -0.25) is 14.3 Å². The monoisotopic (exact) mass is 388 g/mol. The molecule has 0 spiro atoms. The molecular formula is C20H28N4O4. The fourth-order valence-corrected chi connectivity index (χ4v) is 3.56. The number of nitrogens with zero attached hydrogens (tertiary/aromatic N) is 3. The lowest BCUT2D eigenvalue weighted by molar-refractivity contribution is -0.00716. The van der Waals surface area contributed by atoms with Gasteiger partial charge in [0, 0.05) is 43.9 Å². The van der Waals surface area contributed by atoms with Gasteiger partial charge in [0.05, 0.1) is 31.1 Å². The summed E-state index contributed by atoms with van der Waals surface area (Å²) in [7, 11) is 3.34. The third-order valence-corrected chi connectivity index (χ3v) is 5.19.